The fourth-order valence-electron chi connectivity index (χ4n) is 1.98. The van der Waals surface area contributed by atoms with Crippen LogP contribution >= 0.6 is 0 Å². The standard InChI is InChI=1S/C14H11NO7/c16-13(17)11(7-10-5-6-12(22-10)14(18)19)8-1-3-9(4-2-8)15(20)21/h1-6,11H,7H2,(H,16,17)(H,18,19). The summed E-state index contributed by atoms with van der Waals surface area (Å²) < 4.78 is 5.04. The Balaban J connectivity index is 2.24. The number of rotatable bonds is 6. The van der Waals surface area contributed by atoms with Crippen molar-refractivity contribution >= 4 is 17.6 Å². The minimum atomic E-state index is -1.24. The molecule has 0 saturated heterocycles. The summed E-state index contributed by atoms with van der Waals surface area (Å²) in [6.45, 7) is 0. The van der Waals surface area contributed by atoms with E-state index in [9.17, 15) is 24.8 Å². The maximum Gasteiger partial charge on any atom is 0.371 e. The fraction of sp³-hybridized carbons (Fsp3) is 0.143. The molecule has 1 unspecified atom stereocenters. The predicted molar refractivity (Wildman–Crippen MR) is 72.8 cm³/mol. The highest BCUT2D eigenvalue weighted by Gasteiger charge is 2.23. The largest absolute Gasteiger partial charge is 0.481 e. The summed E-state index contributed by atoms with van der Waals surface area (Å²) in [4.78, 5) is 32.1. The van der Waals surface area contributed by atoms with Gasteiger partial charge < -0.3 is 14.6 Å². The number of benzene rings is 1. The molecule has 22 heavy (non-hydrogen) atoms. The third-order valence-corrected chi connectivity index (χ3v) is 3.08. The summed E-state index contributed by atoms with van der Waals surface area (Å²) in [7, 11) is 0. The molecule has 0 aliphatic rings. The Hall–Kier alpha value is -3.16. The van der Waals surface area contributed by atoms with Crippen molar-refractivity contribution < 1.29 is 29.1 Å². The second-order valence-electron chi connectivity index (χ2n) is 4.51. The first-order chi connectivity index (χ1) is 10.4. The maximum atomic E-state index is 11.4. The lowest BCUT2D eigenvalue weighted by Gasteiger charge is -2.11. The SMILES string of the molecule is O=C(O)c1ccc(CC(C(=O)O)c2ccc([N+](=O)[O-])cc2)o1. The van der Waals surface area contributed by atoms with Gasteiger partial charge in [0.05, 0.1) is 10.8 Å². The molecule has 2 rings (SSSR count). The third kappa shape index (κ3) is 3.29. The first-order valence-corrected chi connectivity index (χ1v) is 6.17. The zero-order valence-corrected chi connectivity index (χ0v) is 11.1. The van der Waals surface area contributed by atoms with Crippen molar-refractivity contribution in [2.75, 3.05) is 0 Å². The van der Waals surface area contributed by atoms with Gasteiger partial charge in [-0.2, -0.15) is 0 Å². The van der Waals surface area contributed by atoms with Crippen LogP contribution in [0.5, 0.6) is 0 Å². The number of nitro benzene ring substituents is 1. The van der Waals surface area contributed by atoms with E-state index in [0.717, 1.165) is 0 Å². The molecule has 1 aromatic heterocycles. The monoisotopic (exact) mass is 305 g/mol. The summed E-state index contributed by atoms with van der Waals surface area (Å²) >= 11 is 0. The van der Waals surface area contributed by atoms with Crippen LogP contribution in [0.25, 0.3) is 0 Å². The molecule has 0 aliphatic carbocycles. The predicted octanol–water partition coefficient (Wildman–Crippen LogP) is 2.30. The number of carboxylic acid groups (broad SMARTS) is 2. The molecule has 114 valence electrons. The van der Waals surface area contributed by atoms with Gasteiger partial charge in [-0.3, -0.25) is 14.9 Å². The van der Waals surface area contributed by atoms with Crippen LogP contribution in [0.15, 0.2) is 40.8 Å². The molecule has 2 aromatic rings. The zero-order chi connectivity index (χ0) is 16.3. The molecule has 1 heterocycles. The van der Waals surface area contributed by atoms with E-state index < -0.39 is 22.8 Å². The number of nitrogens with zero attached hydrogens (tertiary/aromatic N) is 1. The number of carboxylic acids is 2. The summed E-state index contributed by atoms with van der Waals surface area (Å²) in [6.07, 6.45) is -0.0551. The van der Waals surface area contributed by atoms with E-state index in [1.807, 2.05) is 0 Å². The van der Waals surface area contributed by atoms with Crippen molar-refractivity contribution in [1.29, 1.82) is 0 Å². The average Bonchev–Trinajstić information content (AvgIpc) is 2.93. The normalized spacial score (nSPS) is 11.8. The van der Waals surface area contributed by atoms with E-state index in [1.165, 1.54) is 36.4 Å². The van der Waals surface area contributed by atoms with Crippen molar-refractivity contribution in [3.63, 3.8) is 0 Å². The number of aliphatic carboxylic acids is 1. The lowest BCUT2D eigenvalue weighted by molar-refractivity contribution is -0.384. The molecule has 2 N–H and O–H groups in total. The summed E-state index contributed by atoms with van der Waals surface area (Å²) in [5.41, 5.74) is 0.227. The van der Waals surface area contributed by atoms with Gasteiger partial charge in [0, 0.05) is 18.6 Å². The Kier molecular flexibility index (Phi) is 4.21. The summed E-state index contributed by atoms with van der Waals surface area (Å²) in [5.74, 6) is -3.44. The highest BCUT2D eigenvalue weighted by atomic mass is 16.6. The molecular formula is C14H11NO7. The van der Waals surface area contributed by atoms with Crippen molar-refractivity contribution in [2.45, 2.75) is 12.3 Å². The van der Waals surface area contributed by atoms with Gasteiger partial charge in [0.15, 0.2) is 0 Å². The van der Waals surface area contributed by atoms with Crippen molar-refractivity contribution in [1.82, 2.24) is 0 Å². The average molecular weight is 305 g/mol. The number of hydrogen-bond donors (Lipinski definition) is 2. The van der Waals surface area contributed by atoms with Gasteiger partial charge in [-0.05, 0) is 17.7 Å². The van der Waals surface area contributed by atoms with Gasteiger partial charge in [0.1, 0.15) is 5.76 Å². The second kappa shape index (κ2) is 6.08. The second-order valence-corrected chi connectivity index (χ2v) is 4.51. The van der Waals surface area contributed by atoms with Gasteiger partial charge in [-0.1, -0.05) is 12.1 Å². The van der Waals surface area contributed by atoms with E-state index in [4.69, 9.17) is 9.52 Å². The molecule has 0 radical (unpaired) electrons. The van der Waals surface area contributed by atoms with Crippen LogP contribution in [-0.4, -0.2) is 27.1 Å². The van der Waals surface area contributed by atoms with E-state index in [-0.39, 0.29) is 23.6 Å². The van der Waals surface area contributed by atoms with Gasteiger partial charge in [0.25, 0.3) is 5.69 Å². The molecule has 0 bridgehead atoms. The molecule has 0 amide bonds. The van der Waals surface area contributed by atoms with Crippen LogP contribution in [-0.2, 0) is 11.2 Å². The van der Waals surface area contributed by atoms with E-state index in [0.29, 0.717) is 5.56 Å². The fourth-order valence-corrected chi connectivity index (χ4v) is 1.98. The third-order valence-electron chi connectivity index (χ3n) is 3.08. The smallest absolute Gasteiger partial charge is 0.371 e. The number of furan rings is 1. The van der Waals surface area contributed by atoms with Crippen molar-refractivity contribution in [2.24, 2.45) is 0 Å². The molecule has 1 atom stereocenters. The quantitative estimate of drug-likeness (QED) is 0.618. The number of aromatic carboxylic acids is 1. The van der Waals surface area contributed by atoms with Crippen LogP contribution in [0.1, 0.15) is 27.8 Å². The molecule has 1 aromatic carbocycles. The van der Waals surface area contributed by atoms with E-state index >= 15 is 0 Å². The highest BCUT2D eigenvalue weighted by Crippen LogP contribution is 2.24. The molecule has 8 heteroatoms. The van der Waals surface area contributed by atoms with Crippen LogP contribution in [0.4, 0.5) is 5.69 Å². The van der Waals surface area contributed by atoms with Gasteiger partial charge in [-0.15, -0.1) is 0 Å². The Bertz CT molecular complexity index is 717. The Morgan fingerprint density at radius 1 is 1.14 bits per heavy atom. The van der Waals surface area contributed by atoms with Crippen molar-refractivity contribution in [3.8, 4) is 0 Å². The Morgan fingerprint density at radius 2 is 1.77 bits per heavy atom. The lowest BCUT2D eigenvalue weighted by atomic mass is 9.94. The number of nitro groups is 1. The molecule has 8 nitrogen and oxygen atoms in total. The number of carbonyl (C=O) groups is 2. The molecule has 0 saturated carbocycles. The van der Waals surface area contributed by atoms with Gasteiger partial charge >= 0.3 is 11.9 Å². The Morgan fingerprint density at radius 3 is 2.23 bits per heavy atom. The first kappa shape index (κ1) is 15.2. The summed E-state index contributed by atoms with van der Waals surface area (Å²) in [6, 6.07) is 7.79. The molecule has 0 aliphatic heterocycles. The first-order valence-electron chi connectivity index (χ1n) is 6.17. The topological polar surface area (TPSA) is 131 Å². The van der Waals surface area contributed by atoms with Crippen LogP contribution in [0.3, 0.4) is 0 Å². The van der Waals surface area contributed by atoms with Gasteiger partial charge in [-0.25, -0.2) is 4.79 Å². The molecular weight excluding hydrogens is 294 g/mol. The van der Waals surface area contributed by atoms with Crippen LogP contribution < -0.4 is 0 Å². The van der Waals surface area contributed by atoms with Gasteiger partial charge in [0.2, 0.25) is 5.76 Å². The lowest BCUT2D eigenvalue weighted by Crippen LogP contribution is -2.14. The van der Waals surface area contributed by atoms with E-state index in [1.54, 1.807) is 0 Å². The minimum Gasteiger partial charge on any atom is -0.481 e. The number of hydrogen-bond acceptors (Lipinski definition) is 5. The Labute approximate surface area is 123 Å². The highest BCUT2D eigenvalue weighted by molar-refractivity contribution is 5.84. The zero-order valence-electron chi connectivity index (χ0n) is 11.1. The van der Waals surface area contributed by atoms with Crippen molar-refractivity contribution in [3.05, 3.63) is 63.6 Å². The van der Waals surface area contributed by atoms with E-state index in [2.05, 4.69) is 0 Å². The summed E-state index contributed by atoms with van der Waals surface area (Å²) in [5, 5.41) is 28.6. The van der Waals surface area contributed by atoms with Crippen LogP contribution in [0.2, 0.25) is 0 Å². The minimum absolute atomic E-state index is 0.0551. The number of non-ortho nitro benzene ring substituents is 1. The van der Waals surface area contributed by atoms with Crippen LogP contribution in [0, 0.1) is 10.1 Å². The molecule has 0 fully saturated rings. The maximum absolute atomic E-state index is 11.4. The molecule has 0 spiro atoms.